The number of methoxy groups -OCH3 is 1. The topological polar surface area (TPSA) is 111 Å². The number of anilines is 2. The van der Waals surface area contributed by atoms with Crippen LogP contribution in [0.4, 0.5) is 16.2 Å². The summed E-state index contributed by atoms with van der Waals surface area (Å²) in [7, 11) is 2.90. The number of nitrogens with zero attached hydrogens (tertiary/aromatic N) is 2. The third-order valence-electron chi connectivity index (χ3n) is 4.40. The van der Waals surface area contributed by atoms with Gasteiger partial charge in [-0.2, -0.15) is 0 Å². The molecular weight excluding hydrogens is 340 g/mol. The summed E-state index contributed by atoms with van der Waals surface area (Å²) in [6.07, 6.45) is 0. The molecule has 0 saturated carbocycles. The van der Waals surface area contributed by atoms with Gasteiger partial charge in [0, 0.05) is 25.8 Å². The molecule has 9 nitrogen and oxygen atoms in total. The van der Waals surface area contributed by atoms with E-state index < -0.39 is 5.97 Å². The van der Waals surface area contributed by atoms with Gasteiger partial charge in [-0.05, 0) is 17.7 Å². The molecule has 0 spiro atoms. The highest BCUT2D eigenvalue weighted by Crippen LogP contribution is 2.29. The Bertz CT molecular complexity index is 804. The van der Waals surface area contributed by atoms with Gasteiger partial charge in [-0.25, -0.2) is 9.59 Å². The first-order valence-electron chi connectivity index (χ1n) is 8.09. The highest BCUT2D eigenvalue weighted by molar-refractivity contribution is 6.08. The van der Waals surface area contributed by atoms with Crippen LogP contribution in [-0.4, -0.2) is 61.8 Å². The number of rotatable bonds is 5. The maximum atomic E-state index is 12.5. The minimum absolute atomic E-state index is 0.0711. The maximum absolute atomic E-state index is 12.5. The molecule has 138 valence electrons. The number of carbonyl (C=O) groups is 3. The van der Waals surface area contributed by atoms with E-state index in [2.05, 4.69) is 10.6 Å². The number of amides is 3. The molecule has 2 aliphatic heterocycles. The van der Waals surface area contributed by atoms with Crippen molar-refractivity contribution >= 4 is 29.3 Å². The number of carbonyl (C=O) groups excluding carboxylic acids is 3. The fraction of sp³-hybridized carbons (Fsp3) is 0.353. The van der Waals surface area contributed by atoms with Gasteiger partial charge < -0.3 is 25.4 Å². The Hall–Kier alpha value is -3.07. The van der Waals surface area contributed by atoms with E-state index in [1.54, 1.807) is 19.2 Å². The van der Waals surface area contributed by atoms with Gasteiger partial charge in [-0.1, -0.05) is 6.07 Å². The molecule has 2 heterocycles. The van der Waals surface area contributed by atoms with Crippen molar-refractivity contribution in [2.24, 2.45) is 0 Å². The van der Waals surface area contributed by atoms with Crippen molar-refractivity contribution in [1.29, 1.82) is 0 Å². The molecule has 0 atom stereocenters. The highest BCUT2D eigenvalue weighted by Gasteiger charge is 2.34. The average Bonchev–Trinajstić information content (AvgIpc) is 2.94. The number of fused-ring (bicyclic) bond motifs is 1. The van der Waals surface area contributed by atoms with Gasteiger partial charge in [0.1, 0.15) is 5.70 Å². The Balaban J connectivity index is 1.92. The summed E-state index contributed by atoms with van der Waals surface area (Å²) in [5.41, 5.74) is 2.56. The molecule has 9 heteroatoms. The predicted molar refractivity (Wildman–Crippen MR) is 93.4 cm³/mol. The maximum Gasteiger partial charge on any atom is 0.337 e. The third-order valence-corrected chi connectivity index (χ3v) is 4.40. The summed E-state index contributed by atoms with van der Waals surface area (Å²) in [5, 5.41) is 14.8. The van der Waals surface area contributed by atoms with Crippen molar-refractivity contribution < 1.29 is 24.2 Å². The number of benzene rings is 1. The van der Waals surface area contributed by atoms with Crippen molar-refractivity contribution in [3.63, 3.8) is 0 Å². The van der Waals surface area contributed by atoms with Crippen LogP contribution in [0, 0.1) is 0 Å². The van der Waals surface area contributed by atoms with E-state index in [0.29, 0.717) is 12.2 Å². The number of aliphatic hydroxyl groups excluding tert-OH is 1. The first-order chi connectivity index (χ1) is 12.5. The van der Waals surface area contributed by atoms with Gasteiger partial charge in [-0.15, -0.1) is 0 Å². The SMILES string of the molecule is COC(=O)C1=C(Nc2ccc3c(c2)N(C)C(=O)NC3)C(=O)N(CCO)C1. The monoisotopic (exact) mass is 360 g/mol. The van der Waals surface area contributed by atoms with Crippen LogP contribution < -0.4 is 15.5 Å². The summed E-state index contributed by atoms with van der Waals surface area (Å²) in [4.78, 5) is 39.2. The molecule has 3 N–H and O–H groups in total. The minimum atomic E-state index is -0.601. The zero-order valence-electron chi connectivity index (χ0n) is 14.5. The summed E-state index contributed by atoms with van der Waals surface area (Å²) < 4.78 is 4.76. The number of hydrogen-bond donors (Lipinski definition) is 3. The molecule has 0 fully saturated rings. The molecule has 2 aliphatic rings. The number of β-amino-alcohol motifs (C(OH)–C–C–N with tert-alkyl or cyclic N) is 1. The first kappa shape index (κ1) is 17.7. The summed E-state index contributed by atoms with van der Waals surface area (Å²) >= 11 is 0. The van der Waals surface area contributed by atoms with Crippen LogP contribution in [-0.2, 0) is 20.9 Å². The molecule has 1 aromatic carbocycles. The van der Waals surface area contributed by atoms with E-state index in [1.165, 1.54) is 16.9 Å². The molecule has 0 radical (unpaired) electrons. The molecule has 0 saturated heterocycles. The smallest absolute Gasteiger partial charge is 0.337 e. The lowest BCUT2D eigenvalue weighted by atomic mass is 10.1. The van der Waals surface area contributed by atoms with Crippen LogP contribution in [0.3, 0.4) is 0 Å². The molecule has 3 rings (SSSR count). The summed E-state index contributed by atoms with van der Waals surface area (Å²) in [5.74, 6) is -0.987. The quantitative estimate of drug-likeness (QED) is 0.639. The largest absolute Gasteiger partial charge is 0.466 e. The van der Waals surface area contributed by atoms with E-state index >= 15 is 0 Å². The number of ether oxygens (including phenoxy) is 1. The van der Waals surface area contributed by atoms with Gasteiger partial charge in [0.05, 0.1) is 31.5 Å². The minimum Gasteiger partial charge on any atom is -0.466 e. The van der Waals surface area contributed by atoms with Crippen LogP contribution in [0.15, 0.2) is 29.5 Å². The van der Waals surface area contributed by atoms with Crippen molar-refractivity contribution in [2.45, 2.75) is 6.54 Å². The van der Waals surface area contributed by atoms with Crippen LogP contribution in [0.2, 0.25) is 0 Å². The highest BCUT2D eigenvalue weighted by atomic mass is 16.5. The second-order valence-electron chi connectivity index (χ2n) is 5.98. The number of urea groups is 1. The van der Waals surface area contributed by atoms with Crippen LogP contribution in [0.1, 0.15) is 5.56 Å². The van der Waals surface area contributed by atoms with Gasteiger partial charge in [0.2, 0.25) is 0 Å². The normalized spacial score (nSPS) is 16.6. The molecule has 3 amide bonds. The standard InChI is InChI=1S/C17H20N4O5/c1-20-13-7-11(4-3-10(13)8-18-17(20)25)19-14-12(16(24)26-2)9-21(5-6-22)15(14)23/h3-4,7,19,22H,5-6,8-9H2,1-2H3,(H,18,25). The zero-order chi connectivity index (χ0) is 18.8. The Morgan fingerprint density at radius 3 is 2.85 bits per heavy atom. The molecule has 26 heavy (non-hydrogen) atoms. The van der Waals surface area contributed by atoms with E-state index in [4.69, 9.17) is 9.84 Å². The lowest BCUT2D eigenvalue weighted by Crippen LogP contribution is -2.41. The number of esters is 1. The average molecular weight is 360 g/mol. The van der Waals surface area contributed by atoms with Crippen molar-refractivity contribution in [2.75, 3.05) is 44.1 Å². The Morgan fingerprint density at radius 1 is 1.38 bits per heavy atom. The number of aliphatic hydroxyl groups is 1. The Kier molecular flexibility index (Phi) is 4.81. The second kappa shape index (κ2) is 7.04. The van der Waals surface area contributed by atoms with Crippen LogP contribution in [0.25, 0.3) is 0 Å². The molecule has 0 bridgehead atoms. The predicted octanol–water partition coefficient (Wildman–Crippen LogP) is 0.0195. The fourth-order valence-corrected chi connectivity index (χ4v) is 3.00. The lowest BCUT2D eigenvalue weighted by molar-refractivity contribution is -0.136. The number of hydrogen-bond acceptors (Lipinski definition) is 6. The van der Waals surface area contributed by atoms with Gasteiger partial charge in [0.15, 0.2) is 0 Å². The molecule has 0 aromatic heterocycles. The van der Waals surface area contributed by atoms with Crippen molar-refractivity contribution in [3.05, 3.63) is 35.0 Å². The van der Waals surface area contributed by atoms with Crippen LogP contribution >= 0.6 is 0 Å². The Morgan fingerprint density at radius 2 is 2.15 bits per heavy atom. The van der Waals surface area contributed by atoms with E-state index in [-0.39, 0.29) is 42.9 Å². The third kappa shape index (κ3) is 3.08. The lowest BCUT2D eigenvalue weighted by Gasteiger charge is -2.27. The van der Waals surface area contributed by atoms with Crippen molar-refractivity contribution in [1.82, 2.24) is 10.2 Å². The second-order valence-corrected chi connectivity index (χ2v) is 5.98. The van der Waals surface area contributed by atoms with E-state index in [1.807, 2.05) is 6.07 Å². The van der Waals surface area contributed by atoms with Gasteiger partial charge in [0.25, 0.3) is 5.91 Å². The molecule has 0 aliphatic carbocycles. The first-order valence-corrected chi connectivity index (χ1v) is 8.09. The summed E-state index contributed by atoms with van der Waals surface area (Å²) in [6.45, 7) is 0.420. The van der Waals surface area contributed by atoms with E-state index in [9.17, 15) is 14.4 Å². The van der Waals surface area contributed by atoms with Crippen LogP contribution in [0.5, 0.6) is 0 Å². The molecular formula is C17H20N4O5. The van der Waals surface area contributed by atoms with E-state index in [0.717, 1.165) is 11.3 Å². The molecule has 0 unspecified atom stereocenters. The van der Waals surface area contributed by atoms with Gasteiger partial charge in [-0.3, -0.25) is 9.69 Å². The summed E-state index contributed by atoms with van der Waals surface area (Å²) in [6, 6.07) is 5.15. The zero-order valence-corrected chi connectivity index (χ0v) is 14.5. The Labute approximate surface area is 150 Å². The molecule has 1 aromatic rings. The fourth-order valence-electron chi connectivity index (χ4n) is 3.00. The van der Waals surface area contributed by atoms with Gasteiger partial charge >= 0.3 is 12.0 Å². The number of nitrogens with one attached hydrogen (secondary N) is 2. The van der Waals surface area contributed by atoms with Crippen molar-refractivity contribution in [3.8, 4) is 0 Å².